The number of pyridine rings is 1. The fourth-order valence-electron chi connectivity index (χ4n) is 5.34. The summed E-state index contributed by atoms with van der Waals surface area (Å²) in [6.07, 6.45) is 6.27. The SMILES string of the molecule is CC(C)(O)COc1ccc2c(C(=O)NC3CC4(C3)CC(Oc3cc(B(O)O)ccc3C(N)=O)C4)cnn2c1. The first-order valence-electron chi connectivity index (χ1n) is 12.5. The van der Waals surface area contributed by atoms with Gasteiger partial charge in [0, 0.05) is 6.04 Å². The normalized spacial score (nSPS) is 22.4. The molecule has 5 rings (SSSR count). The Balaban J connectivity index is 1.14. The lowest BCUT2D eigenvalue weighted by Crippen LogP contribution is -2.58. The van der Waals surface area contributed by atoms with Crippen LogP contribution in [0, 0.1) is 5.41 Å². The van der Waals surface area contributed by atoms with E-state index < -0.39 is 18.6 Å². The van der Waals surface area contributed by atoms with Crippen molar-refractivity contribution in [3.63, 3.8) is 0 Å². The van der Waals surface area contributed by atoms with Crippen molar-refractivity contribution in [2.75, 3.05) is 6.61 Å². The maximum absolute atomic E-state index is 12.9. The second-order valence-corrected chi connectivity index (χ2v) is 11.1. The van der Waals surface area contributed by atoms with Gasteiger partial charge in [-0.25, -0.2) is 4.52 Å². The summed E-state index contributed by atoms with van der Waals surface area (Å²) in [6, 6.07) is 7.84. The van der Waals surface area contributed by atoms with Crippen LogP contribution in [-0.4, -0.2) is 68.1 Å². The molecule has 1 aromatic carbocycles. The summed E-state index contributed by atoms with van der Waals surface area (Å²) in [5.41, 5.74) is 6.10. The molecule has 0 saturated heterocycles. The number of carbonyl (C=O) groups excluding carboxylic acids is 2. The summed E-state index contributed by atoms with van der Waals surface area (Å²) in [7, 11) is -1.68. The molecule has 0 unspecified atom stereocenters. The summed E-state index contributed by atoms with van der Waals surface area (Å²) < 4.78 is 13.2. The van der Waals surface area contributed by atoms with Gasteiger partial charge in [0.05, 0.1) is 40.7 Å². The van der Waals surface area contributed by atoms with Crippen LogP contribution in [0.15, 0.2) is 42.7 Å². The van der Waals surface area contributed by atoms with Crippen molar-refractivity contribution < 1.29 is 34.2 Å². The smallest absolute Gasteiger partial charge is 0.488 e. The molecule has 12 heteroatoms. The molecule has 0 aliphatic heterocycles. The highest BCUT2D eigenvalue weighted by molar-refractivity contribution is 6.58. The number of rotatable bonds is 9. The molecule has 0 radical (unpaired) electrons. The lowest BCUT2D eigenvalue weighted by atomic mass is 9.53. The Morgan fingerprint density at radius 2 is 1.92 bits per heavy atom. The zero-order valence-corrected chi connectivity index (χ0v) is 21.3. The van der Waals surface area contributed by atoms with Gasteiger partial charge in [0.1, 0.15) is 18.1 Å². The zero-order chi connectivity index (χ0) is 27.2. The Morgan fingerprint density at radius 1 is 1.18 bits per heavy atom. The highest BCUT2D eigenvalue weighted by Gasteiger charge is 2.54. The lowest BCUT2D eigenvalue weighted by Gasteiger charge is -2.57. The fourth-order valence-corrected chi connectivity index (χ4v) is 5.34. The molecular formula is C26H31BN4O7. The van der Waals surface area contributed by atoms with Crippen LogP contribution in [0.5, 0.6) is 11.5 Å². The Morgan fingerprint density at radius 3 is 2.58 bits per heavy atom. The monoisotopic (exact) mass is 522 g/mol. The van der Waals surface area contributed by atoms with Gasteiger partial charge in [0.15, 0.2) is 0 Å². The molecule has 200 valence electrons. The van der Waals surface area contributed by atoms with Crippen LogP contribution < -0.4 is 26.0 Å². The standard InChI is InChI=1S/C26H31BN4O7/c1-25(2,34)14-37-17-4-6-21-20(12-29-31(21)13-17)24(33)30-16-8-26(9-16)10-18(11-26)38-22-7-15(27(35)36)3-5-19(22)23(28)32/h3-7,12-13,16,18,34-36H,8-11,14H2,1-2H3,(H2,28,32)(H,30,33). The van der Waals surface area contributed by atoms with Crippen molar-refractivity contribution in [2.45, 2.75) is 57.3 Å². The fraction of sp³-hybridized carbons (Fsp3) is 0.423. The molecule has 0 bridgehead atoms. The molecule has 6 N–H and O–H groups in total. The average molecular weight is 522 g/mol. The maximum Gasteiger partial charge on any atom is 0.488 e. The van der Waals surface area contributed by atoms with E-state index in [-0.39, 0.29) is 46.9 Å². The molecule has 2 aromatic heterocycles. The van der Waals surface area contributed by atoms with Crippen LogP contribution in [0.1, 0.15) is 60.2 Å². The van der Waals surface area contributed by atoms with E-state index in [1.165, 1.54) is 24.4 Å². The number of hydrogen-bond donors (Lipinski definition) is 5. The minimum absolute atomic E-state index is 0.0434. The lowest BCUT2D eigenvalue weighted by molar-refractivity contribution is -0.0834. The van der Waals surface area contributed by atoms with Crippen molar-refractivity contribution in [1.29, 1.82) is 0 Å². The number of aliphatic hydroxyl groups is 1. The van der Waals surface area contributed by atoms with Crippen LogP contribution in [0.25, 0.3) is 5.52 Å². The number of amides is 2. The first-order valence-corrected chi connectivity index (χ1v) is 12.5. The number of nitrogens with zero attached hydrogens (tertiary/aromatic N) is 2. The number of nitrogens with one attached hydrogen (secondary N) is 1. The van der Waals surface area contributed by atoms with Gasteiger partial charge < -0.3 is 35.7 Å². The minimum atomic E-state index is -1.68. The van der Waals surface area contributed by atoms with E-state index in [2.05, 4.69) is 10.4 Å². The van der Waals surface area contributed by atoms with E-state index in [0.29, 0.717) is 16.8 Å². The van der Waals surface area contributed by atoms with Gasteiger partial charge in [-0.1, -0.05) is 6.07 Å². The molecule has 3 aromatic rings. The van der Waals surface area contributed by atoms with Gasteiger partial charge in [-0.3, -0.25) is 9.59 Å². The summed E-state index contributed by atoms with van der Waals surface area (Å²) >= 11 is 0. The third-order valence-corrected chi connectivity index (χ3v) is 7.20. The molecule has 0 atom stereocenters. The van der Waals surface area contributed by atoms with Crippen molar-refractivity contribution >= 4 is 29.9 Å². The third kappa shape index (κ3) is 5.33. The van der Waals surface area contributed by atoms with Gasteiger partial charge in [0.2, 0.25) is 0 Å². The topological polar surface area (TPSA) is 169 Å². The number of carbonyl (C=O) groups is 2. The van der Waals surface area contributed by atoms with Crippen LogP contribution >= 0.6 is 0 Å². The molecule has 2 fully saturated rings. The van der Waals surface area contributed by atoms with Gasteiger partial charge in [-0.15, -0.1) is 0 Å². The second kappa shape index (κ2) is 9.61. The van der Waals surface area contributed by atoms with E-state index >= 15 is 0 Å². The number of benzene rings is 1. The number of nitrogens with two attached hydrogens (primary N) is 1. The third-order valence-electron chi connectivity index (χ3n) is 7.20. The molecular weight excluding hydrogens is 491 g/mol. The second-order valence-electron chi connectivity index (χ2n) is 11.1. The Labute approximate surface area is 219 Å². The minimum Gasteiger partial charge on any atom is -0.490 e. The number of fused-ring (bicyclic) bond motifs is 1. The summed E-state index contributed by atoms with van der Waals surface area (Å²) in [4.78, 5) is 24.7. The number of hydrogen-bond acceptors (Lipinski definition) is 8. The van der Waals surface area contributed by atoms with Crippen molar-refractivity contribution in [2.24, 2.45) is 11.1 Å². The Kier molecular flexibility index (Phi) is 6.58. The van der Waals surface area contributed by atoms with E-state index in [0.717, 1.165) is 25.7 Å². The largest absolute Gasteiger partial charge is 0.490 e. The highest BCUT2D eigenvalue weighted by Crippen LogP contribution is 2.57. The van der Waals surface area contributed by atoms with Crippen molar-refractivity contribution in [1.82, 2.24) is 14.9 Å². The first kappa shape index (κ1) is 26.0. The van der Waals surface area contributed by atoms with Crippen LogP contribution in [0.2, 0.25) is 0 Å². The van der Waals surface area contributed by atoms with E-state index in [1.807, 2.05) is 0 Å². The summed E-state index contributed by atoms with van der Waals surface area (Å²) in [5, 5.41) is 36.1. The summed E-state index contributed by atoms with van der Waals surface area (Å²) in [6.45, 7) is 3.45. The molecule has 2 aliphatic rings. The zero-order valence-electron chi connectivity index (χ0n) is 21.3. The molecule has 1 spiro atoms. The Bertz CT molecular complexity index is 1370. The van der Waals surface area contributed by atoms with Gasteiger partial charge >= 0.3 is 7.12 Å². The molecule has 2 aliphatic carbocycles. The van der Waals surface area contributed by atoms with Crippen LogP contribution in [-0.2, 0) is 0 Å². The predicted molar refractivity (Wildman–Crippen MR) is 138 cm³/mol. The average Bonchev–Trinajstić information content (AvgIpc) is 3.22. The van der Waals surface area contributed by atoms with Crippen LogP contribution in [0.4, 0.5) is 0 Å². The van der Waals surface area contributed by atoms with Gasteiger partial charge in [-0.05, 0) is 74.7 Å². The predicted octanol–water partition coefficient (Wildman–Crippen LogP) is 0.383. The van der Waals surface area contributed by atoms with Crippen molar-refractivity contribution in [3.05, 3.63) is 53.9 Å². The Hall–Kier alpha value is -3.61. The maximum atomic E-state index is 12.9. The molecule has 2 amide bonds. The quantitative estimate of drug-likeness (QED) is 0.251. The highest BCUT2D eigenvalue weighted by atomic mass is 16.5. The number of ether oxygens (including phenoxy) is 2. The molecule has 11 nitrogen and oxygen atoms in total. The molecule has 38 heavy (non-hydrogen) atoms. The molecule has 2 saturated carbocycles. The van der Waals surface area contributed by atoms with E-state index in [9.17, 15) is 24.7 Å². The first-order chi connectivity index (χ1) is 17.9. The van der Waals surface area contributed by atoms with Crippen molar-refractivity contribution in [3.8, 4) is 11.5 Å². The van der Waals surface area contributed by atoms with Gasteiger partial charge in [0.25, 0.3) is 11.8 Å². The number of primary amides is 1. The van der Waals surface area contributed by atoms with Gasteiger partial charge in [-0.2, -0.15) is 5.10 Å². The summed E-state index contributed by atoms with van der Waals surface area (Å²) in [5.74, 6) is -0.0546. The van der Waals surface area contributed by atoms with Crippen LogP contribution in [0.3, 0.4) is 0 Å². The number of aromatic nitrogens is 2. The molecule has 2 heterocycles. The van der Waals surface area contributed by atoms with E-state index in [1.54, 1.807) is 36.7 Å². The van der Waals surface area contributed by atoms with E-state index in [4.69, 9.17) is 15.2 Å².